The van der Waals surface area contributed by atoms with Gasteiger partial charge in [0.2, 0.25) is 0 Å². The average molecular weight is 324 g/mol. The maximum absolute atomic E-state index is 8.64. The van der Waals surface area contributed by atoms with Crippen molar-refractivity contribution in [3.63, 3.8) is 0 Å². The summed E-state index contributed by atoms with van der Waals surface area (Å²) < 4.78 is 0. The van der Waals surface area contributed by atoms with Crippen LogP contribution in [0.15, 0.2) is 11.3 Å². The second-order valence-electron chi connectivity index (χ2n) is 5.54. The van der Waals surface area contributed by atoms with E-state index in [1.54, 1.807) is 6.33 Å². The Morgan fingerprint density at radius 2 is 1.61 bits per heavy atom. The van der Waals surface area contributed by atoms with Crippen molar-refractivity contribution in [3.8, 4) is 0 Å². The Labute approximate surface area is 143 Å². The van der Waals surface area contributed by atoms with E-state index in [0.29, 0.717) is 18.4 Å². The molecule has 1 rings (SSSR count). The fraction of sp³-hybridized carbons (Fsp3) is 0.737. The van der Waals surface area contributed by atoms with Gasteiger partial charge in [0, 0.05) is 12.8 Å². The Balaban J connectivity index is 0. The van der Waals surface area contributed by atoms with Crippen LogP contribution in [0.5, 0.6) is 0 Å². The molecule has 0 aliphatic rings. The Kier molecular flexibility index (Phi) is 16.3. The van der Waals surface area contributed by atoms with Crippen molar-refractivity contribution >= 4 is 11.9 Å². The molecule has 0 amide bonds. The van der Waals surface area contributed by atoms with Gasteiger partial charge in [0.05, 0.1) is 11.4 Å². The number of hydrogen-bond acceptors (Lipinski definition) is 4. The highest BCUT2D eigenvalue weighted by atomic mass is 16.3. The Morgan fingerprint density at radius 3 is 1.96 bits per heavy atom. The standard InChI is InChI=1S/C10H15N3.C7H16O.C2H6/c1-4-5-6-11-10-8(2)12-7-13-9(10)3;1-4-6(2)7(3)5-8;1-2/h6-7H,4-5H2,1-3H3;6-8H,4-5H2,1-3H3;1-2H3. The Bertz CT molecular complexity index is 391. The Hall–Kier alpha value is -1.29. The second-order valence-corrected chi connectivity index (χ2v) is 5.54. The summed E-state index contributed by atoms with van der Waals surface area (Å²) in [5, 5.41) is 8.64. The zero-order chi connectivity index (χ0) is 18.3. The molecular formula is C19H37N3O. The molecule has 0 aliphatic carbocycles. The number of nitrogens with zero attached hydrogens (tertiary/aromatic N) is 3. The van der Waals surface area contributed by atoms with Crippen molar-refractivity contribution in [3.05, 3.63) is 17.7 Å². The van der Waals surface area contributed by atoms with Crippen molar-refractivity contribution in [2.45, 2.75) is 74.7 Å². The lowest BCUT2D eigenvalue weighted by Gasteiger charge is -2.13. The van der Waals surface area contributed by atoms with E-state index < -0.39 is 0 Å². The fourth-order valence-electron chi connectivity index (χ4n) is 1.64. The molecular weight excluding hydrogens is 286 g/mol. The van der Waals surface area contributed by atoms with Gasteiger partial charge in [-0.1, -0.05) is 54.4 Å². The van der Waals surface area contributed by atoms with Gasteiger partial charge < -0.3 is 5.11 Å². The molecule has 23 heavy (non-hydrogen) atoms. The van der Waals surface area contributed by atoms with Crippen LogP contribution in [-0.4, -0.2) is 27.9 Å². The number of rotatable bonds is 6. The minimum Gasteiger partial charge on any atom is -0.396 e. The zero-order valence-electron chi connectivity index (χ0n) is 16.4. The molecule has 1 aromatic rings. The van der Waals surface area contributed by atoms with E-state index in [1.807, 2.05) is 33.9 Å². The molecule has 0 aromatic carbocycles. The second kappa shape index (κ2) is 15.6. The van der Waals surface area contributed by atoms with Crippen LogP contribution in [-0.2, 0) is 0 Å². The first kappa shape index (κ1) is 24.0. The molecule has 0 radical (unpaired) electrons. The van der Waals surface area contributed by atoms with E-state index in [1.165, 1.54) is 6.42 Å². The summed E-state index contributed by atoms with van der Waals surface area (Å²) in [7, 11) is 0. The topological polar surface area (TPSA) is 58.4 Å². The van der Waals surface area contributed by atoms with E-state index in [0.717, 1.165) is 29.9 Å². The minimum atomic E-state index is 0.328. The number of aliphatic imine (C=N–C) groups is 1. The van der Waals surface area contributed by atoms with Gasteiger partial charge in [-0.05, 0) is 32.1 Å². The zero-order valence-corrected chi connectivity index (χ0v) is 16.4. The number of hydrogen-bond donors (Lipinski definition) is 1. The molecule has 0 fully saturated rings. The summed E-state index contributed by atoms with van der Waals surface area (Å²) in [4.78, 5) is 12.5. The van der Waals surface area contributed by atoms with Crippen LogP contribution < -0.4 is 0 Å². The molecule has 1 N–H and O–H groups in total. The monoisotopic (exact) mass is 323 g/mol. The van der Waals surface area contributed by atoms with E-state index >= 15 is 0 Å². The van der Waals surface area contributed by atoms with Gasteiger partial charge in [0.1, 0.15) is 12.0 Å². The van der Waals surface area contributed by atoms with Gasteiger partial charge >= 0.3 is 0 Å². The van der Waals surface area contributed by atoms with Gasteiger partial charge in [-0.2, -0.15) is 0 Å². The van der Waals surface area contributed by atoms with E-state index in [2.05, 4.69) is 42.7 Å². The molecule has 1 aromatic heterocycles. The highest BCUT2D eigenvalue weighted by molar-refractivity contribution is 5.64. The molecule has 134 valence electrons. The maximum atomic E-state index is 8.64. The SMILES string of the molecule is CC.CCC(C)C(C)CO.CCCC=Nc1c(C)ncnc1C. The number of aromatic nitrogens is 2. The molecule has 0 spiro atoms. The van der Waals surface area contributed by atoms with Gasteiger partial charge in [-0.25, -0.2) is 9.97 Å². The normalized spacial score (nSPS) is 12.7. The van der Waals surface area contributed by atoms with Crippen LogP contribution in [0, 0.1) is 25.7 Å². The van der Waals surface area contributed by atoms with E-state index in [9.17, 15) is 0 Å². The third-order valence-corrected chi connectivity index (χ3v) is 3.73. The first-order valence-corrected chi connectivity index (χ1v) is 8.89. The molecule has 0 aliphatic heterocycles. The van der Waals surface area contributed by atoms with Gasteiger partial charge in [-0.15, -0.1) is 0 Å². The smallest absolute Gasteiger partial charge is 0.116 e. The summed E-state index contributed by atoms with van der Waals surface area (Å²) in [6.07, 6.45) is 6.80. The van der Waals surface area contributed by atoms with Crippen LogP contribution in [0.2, 0.25) is 0 Å². The first-order valence-electron chi connectivity index (χ1n) is 8.89. The minimum absolute atomic E-state index is 0.328. The highest BCUT2D eigenvalue weighted by Crippen LogP contribution is 2.18. The molecule has 4 heteroatoms. The molecule has 0 saturated heterocycles. The predicted molar refractivity (Wildman–Crippen MR) is 102 cm³/mol. The summed E-state index contributed by atoms with van der Waals surface area (Å²) in [6, 6.07) is 0. The van der Waals surface area contributed by atoms with Crippen LogP contribution in [0.4, 0.5) is 5.69 Å². The first-order chi connectivity index (χ1) is 11.0. The van der Waals surface area contributed by atoms with Crippen molar-refractivity contribution < 1.29 is 5.11 Å². The molecule has 0 saturated carbocycles. The Morgan fingerprint density at radius 1 is 1.09 bits per heavy atom. The third kappa shape index (κ3) is 11.0. The van der Waals surface area contributed by atoms with Gasteiger partial charge in [0.25, 0.3) is 0 Å². The van der Waals surface area contributed by atoms with E-state index in [-0.39, 0.29) is 0 Å². The summed E-state index contributed by atoms with van der Waals surface area (Å²) in [5.74, 6) is 1.14. The van der Waals surface area contributed by atoms with Crippen LogP contribution in [0.3, 0.4) is 0 Å². The summed E-state index contributed by atoms with van der Waals surface area (Å²) in [5.41, 5.74) is 2.80. The number of unbranched alkanes of at least 4 members (excludes halogenated alkanes) is 1. The average Bonchev–Trinajstić information content (AvgIpc) is 2.58. The fourth-order valence-corrected chi connectivity index (χ4v) is 1.64. The maximum Gasteiger partial charge on any atom is 0.116 e. The predicted octanol–water partition coefficient (Wildman–Crippen LogP) is 5.28. The molecule has 2 atom stereocenters. The molecule has 4 nitrogen and oxygen atoms in total. The van der Waals surface area contributed by atoms with Crippen molar-refractivity contribution in [1.29, 1.82) is 0 Å². The number of aryl methyl sites for hydroxylation is 2. The van der Waals surface area contributed by atoms with Crippen molar-refractivity contribution in [1.82, 2.24) is 9.97 Å². The summed E-state index contributed by atoms with van der Waals surface area (Å²) >= 11 is 0. The third-order valence-electron chi connectivity index (χ3n) is 3.73. The quantitative estimate of drug-likeness (QED) is 0.724. The van der Waals surface area contributed by atoms with Crippen LogP contribution in [0.1, 0.15) is 72.2 Å². The van der Waals surface area contributed by atoms with Gasteiger partial charge in [-0.3, -0.25) is 4.99 Å². The molecule has 0 bridgehead atoms. The van der Waals surface area contributed by atoms with Crippen molar-refractivity contribution in [2.24, 2.45) is 16.8 Å². The lowest BCUT2D eigenvalue weighted by Crippen LogP contribution is -2.10. The van der Waals surface area contributed by atoms with Gasteiger partial charge in [0.15, 0.2) is 0 Å². The van der Waals surface area contributed by atoms with Crippen LogP contribution in [0.25, 0.3) is 0 Å². The summed E-state index contributed by atoms with van der Waals surface area (Å²) in [6.45, 7) is 16.8. The van der Waals surface area contributed by atoms with Crippen LogP contribution >= 0.6 is 0 Å². The molecule has 1 heterocycles. The molecule has 2 unspecified atom stereocenters. The van der Waals surface area contributed by atoms with E-state index in [4.69, 9.17) is 5.11 Å². The largest absolute Gasteiger partial charge is 0.396 e. The number of aliphatic hydroxyl groups is 1. The number of aliphatic hydroxyl groups excluding tert-OH is 1. The highest BCUT2D eigenvalue weighted by Gasteiger charge is 2.06. The van der Waals surface area contributed by atoms with Crippen molar-refractivity contribution in [2.75, 3.05) is 6.61 Å². The lowest BCUT2D eigenvalue weighted by molar-refractivity contribution is 0.193. The lowest BCUT2D eigenvalue weighted by atomic mass is 9.95.